The van der Waals surface area contributed by atoms with Crippen molar-refractivity contribution in [3.63, 3.8) is 0 Å². The van der Waals surface area contributed by atoms with E-state index < -0.39 is 23.8 Å². The number of anilines is 2. The van der Waals surface area contributed by atoms with Gasteiger partial charge in [0.2, 0.25) is 5.91 Å². The summed E-state index contributed by atoms with van der Waals surface area (Å²) in [5.41, 5.74) is 8.41. The van der Waals surface area contributed by atoms with E-state index in [2.05, 4.69) is 5.32 Å². The summed E-state index contributed by atoms with van der Waals surface area (Å²) in [6.45, 7) is 7.85. The minimum absolute atomic E-state index is 0.0390. The van der Waals surface area contributed by atoms with Gasteiger partial charge in [-0.3, -0.25) is 10.1 Å². The van der Waals surface area contributed by atoms with Gasteiger partial charge in [0, 0.05) is 31.4 Å². The lowest BCUT2D eigenvalue weighted by molar-refractivity contribution is -0.192. The van der Waals surface area contributed by atoms with Crippen molar-refractivity contribution in [3.8, 4) is 0 Å². The highest BCUT2D eigenvalue weighted by Gasteiger charge is 2.38. The molecular weight excluding hydrogens is 455 g/mol. The van der Waals surface area contributed by atoms with E-state index in [-0.39, 0.29) is 5.91 Å². The van der Waals surface area contributed by atoms with Crippen LogP contribution in [0.2, 0.25) is 0 Å². The highest BCUT2D eigenvalue weighted by molar-refractivity contribution is 5.85. The highest BCUT2D eigenvalue weighted by Crippen LogP contribution is 2.17. The maximum atomic E-state index is 12.1. The number of nitrogens with two attached hydrogens (primary N) is 1. The van der Waals surface area contributed by atoms with Crippen molar-refractivity contribution < 1.29 is 37.4 Å². The molecule has 34 heavy (non-hydrogen) atoms. The number of carboxylic acids is 1. The van der Waals surface area contributed by atoms with E-state index >= 15 is 0 Å². The maximum absolute atomic E-state index is 12.1. The molecule has 2 amide bonds. The lowest BCUT2D eigenvalue weighted by atomic mass is 10.1. The maximum Gasteiger partial charge on any atom is 0.490 e. The van der Waals surface area contributed by atoms with Gasteiger partial charge in [0.05, 0.1) is 0 Å². The molecule has 0 radical (unpaired) electrons. The van der Waals surface area contributed by atoms with E-state index in [1.807, 2.05) is 63.2 Å². The second kappa shape index (κ2) is 11.9. The first kappa shape index (κ1) is 28.3. The van der Waals surface area contributed by atoms with Crippen LogP contribution in [0.15, 0.2) is 48.5 Å². The molecule has 8 nitrogen and oxygen atoms in total. The zero-order chi connectivity index (χ0) is 26.1. The van der Waals surface area contributed by atoms with Gasteiger partial charge in [-0.25, -0.2) is 9.59 Å². The zero-order valence-corrected chi connectivity index (χ0v) is 19.3. The molecule has 2 aromatic carbocycles. The van der Waals surface area contributed by atoms with Crippen molar-refractivity contribution in [1.82, 2.24) is 4.90 Å². The predicted octanol–water partition coefficient (Wildman–Crippen LogP) is 4.80. The molecule has 0 bridgehead atoms. The van der Waals surface area contributed by atoms with Gasteiger partial charge < -0.3 is 20.5 Å². The number of amides is 2. The van der Waals surface area contributed by atoms with Gasteiger partial charge in [-0.15, -0.1) is 0 Å². The molecule has 0 spiro atoms. The summed E-state index contributed by atoms with van der Waals surface area (Å²) < 4.78 is 37.0. The van der Waals surface area contributed by atoms with Gasteiger partial charge in [0.25, 0.3) is 0 Å². The van der Waals surface area contributed by atoms with Gasteiger partial charge in [-0.2, -0.15) is 13.2 Å². The summed E-state index contributed by atoms with van der Waals surface area (Å²) in [4.78, 5) is 34.6. The lowest BCUT2D eigenvalue weighted by Gasteiger charge is -2.22. The second-order valence-electron chi connectivity index (χ2n) is 8.25. The summed E-state index contributed by atoms with van der Waals surface area (Å²) in [6, 6.07) is 14.8. The van der Waals surface area contributed by atoms with E-state index in [0.717, 1.165) is 11.1 Å². The zero-order valence-electron chi connectivity index (χ0n) is 19.3. The third kappa shape index (κ3) is 11.2. The van der Waals surface area contributed by atoms with Gasteiger partial charge in [-0.1, -0.05) is 24.3 Å². The number of rotatable bonds is 5. The van der Waals surface area contributed by atoms with E-state index in [9.17, 15) is 22.8 Å². The monoisotopic (exact) mass is 483 g/mol. The molecule has 0 heterocycles. The number of alkyl halides is 3. The largest absolute Gasteiger partial charge is 0.490 e. The van der Waals surface area contributed by atoms with Crippen LogP contribution in [0.3, 0.4) is 0 Å². The van der Waals surface area contributed by atoms with Crippen molar-refractivity contribution in [2.75, 3.05) is 11.1 Å². The first-order valence-corrected chi connectivity index (χ1v) is 10.1. The molecule has 0 fully saturated rings. The average molecular weight is 483 g/mol. The van der Waals surface area contributed by atoms with Crippen LogP contribution >= 0.6 is 0 Å². The lowest BCUT2D eigenvalue weighted by Crippen LogP contribution is -2.28. The molecular formula is C23H28F3N3O5. The number of aliphatic carboxylic acids is 1. The Labute approximate surface area is 195 Å². The number of benzene rings is 2. The molecule has 0 aromatic heterocycles. The number of nitrogens with zero attached hydrogens (tertiary/aromatic N) is 1. The van der Waals surface area contributed by atoms with Crippen LogP contribution in [0, 0.1) is 0 Å². The van der Waals surface area contributed by atoms with Crippen molar-refractivity contribution in [2.45, 2.75) is 52.6 Å². The Bertz CT molecular complexity index is 1000. The third-order valence-corrected chi connectivity index (χ3v) is 3.96. The summed E-state index contributed by atoms with van der Waals surface area (Å²) in [5, 5.41) is 9.84. The molecule has 0 aliphatic carbocycles. The Kier molecular flexibility index (Phi) is 9.91. The minimum Gasteiger partial charge on any atom is -0.475 e. The number of ether oxygens (including phenoxy) is 1. The van der Waals surface area contributed by atoms with Crippen LogP contribution in [0.1, 0.15) is 38.8 Å². The first-order valence-electron chi connectivity index (χ1n) is 10.1. The smallest absolute Gasteiger partial charge is 0.475 e. The Morgan fingerprint density at radius 3 is 1.94 bits per heavy atom. The first-order chi connectivity index (χ1) is 15.6. The van der Waals surface area contributed by atoms with Crippen LogP contribution in [0.5, 0.6) is 0 Å². The highest BCUT2D eigenvalue weighted by atomic mass is 19.4. The van der Waals surface area contributed by atoms with E-state index in [1.165, 1.54) is 6.92 Å². The quantitative estimate of drug-likeness (QED) is 0.526. The second-order valence-corrected chi connectivity index (χ2v) is 8.25. The summed E-state index contributed by atoms with van der Waals surface area (Å²) in [7, 11) is 0. The molecule has 0 aliphatic rings. The fraction of sp³-hybridized carbons (Fsp3) is 0.348. The van der Waals surface area contributed by atoms with Gasteiger partial charge >= 0.3 is 18.2 Å². The molecule has 2 rings (SSSR count). The predicted molar refractivity (Wildman–Crippen MR) is 121 cm³/mol. The van der Waals surface area contributed by atoms with E-state index in [1.54, 1.807) is 11.0 Å². The number of carboxylic acid groups (broad SMARTS) is 1. The summed E-state index contributed by atoms with van der Waals surface area (Å²) in [6.07, 6.45) is -5.59. The van der Waals surface area contributed by atoms with Crippen molar-refractivity contribution >= 4 is 29.3 Å². The number of hydrogen-bond donors (Lipinski definition) is 3. The summed E-state index contributed by atoms with van der Waals surface area (Å²) >= 11 is 0. The molecule has 186 valence electrons. The average Bonchev–Trinajstić information content (AvgIpc) is 2.66. The topological polar surface area (TPSA) is 122 Å². The van der Waals surface area contributed by atoms with E-state index in [0.29, 0.717) is 24.5 Å². The standard InChI is InChI=1S/C21H27N3O3.C2HF3O2/c1-15(25)24(13-16-7-5-9-18(22)11-16)14-17-8-6-10-19(12-17)23-20(26)27-21(2,3)4;3-2(4,5)1(6)7/h5-12H,13-14,22H2,1-4H3,(H,23,26);(H,6,7). The number of halogens is 3. The molecule has 0 saturated carbocycles. The number of nitrogen functional groups attached to an aromatic ring is 1. The Balaban J connectivity index is 0.000000718. The molecule has 11 heteroatoms. The third-order valence-electron chi connectivity index (χ3n) is 3.96. The molecule has 0 unspecified atom stereocenters. The van der Waals surface area contributed by atoms with Gasteiger partial charge in [0.15, 0.2) is 0 Å². The number of nitrogens with one attached hydrogen (secondary N) is 1. The Hall–Kier alpha value is -3.76. The van der Waals surface area contributed by atoms with Gasteiger partial charge in [-0.05, 0) is 56.2 Å². The molecule has 2 aromatic rings. The SMILES string of the molecule is CC(=O)N(Cc1cccc(N)c1)Cc1cccc(NC(=O)OC(C)(C)C)c1.O=C(O)C(F)(F)F. The summed E-state index contributed by atoms with van der Waals surface area (Å²) in [5.74, 6) is -2.80. The number of carbonyl (C=O) groups is 3. The van der Waals surface area contributed by atoms with Crippen LogP contribution < -0.4 is 11.1 Å². The van der Waals surface area contributed by atoms with E-state index in [4.69, 9.17) is 20.4 Å². The minimum atomic E-state index is -5.08. The normalized spacial score (nSPS) is 11.0. The van der Waals surface area contributed by atoms with Crippen LogP contribution in [0.25, 0.3) is 0 Å². The Morgan fingerprint density at radius 1 is 1.00 bits per heavy atom. The van der Waals surface area contributed by atoms with Crippen LogP contribution in [-0.2, 0) is 27.4 Å². The van der Waals surface area contributed by atoms with Crippen molar-refractivity contribution in [1.29, 1.82) is 0 Å². The van der Waals surface area contributed by atoms with Crippen molar-refractivity contribution in [3.05, 3.63) is 59.7 Å². The molecule has 0 aliphatic heterocycles. The fourth-order valence-electron chi connectivity index (χ4n) is 2.58. The molecule has 0 atom stereocenters. The number of carbonyl (C=O) groups excluding carboxylic acids is 2. The molecule has 0 saturated heterocycles. The van der Waals surface area contributed by atoms with Crippen LogP contribution in [0.4, 0.5) is 29.3 Å². The van der Waals surface area contributed by atoms with Crippen molar-refractivity contribution in [2.24, 2.45) is 0 Å². The fourth-order valence-corrected chi connectivity index (χ4v) is 2.58. The van der Waals surface area contributed by atoms with Crippen LogP contribution in [-0.4, -0.2) is 39.8 Å². The van der Waals surface area contributed by atoms with Gasteiger partial charge in [0.1, 0.15) is 5.60 Å². The Morgan fingerprint density at radius 2 is 1.50 bits per heavy atom. The molecule has 4 N–H and O–H groups in total. The number of hydrogen-bond acceptors (Lipinski definition) is 5.